The Morgan fingerprint density at radius 2 is 2.29 bits per heavy atom. The minimum absolute atomic E-state index is 0.124. The lowest BCUT2D eigenvalue weighted by Crippen LogP contribution is -2.05. The van der Waals surface area contributed by atoms with Crippen molar-refractivity contribution in [3.63, 3.8) is 0 Å². The number of nitrogens with zero attached hydrogens (tertiary/aromatic N) is 3. The fourth-order valence-corrected chi connectivity index (χ4v) is 1.64. The minimum Gasteiger partial charge on any atom is -0.283 e. The van der Waals surface area contributed by atoms with Crippen molar-refractivity contribution in [2.75, 3.05) is 0 Å². The predicted octanol–water partition coefficient (Wildman–Crippen LogP) is 1.15. The maximum atomic E-state index is 11.6. The van der Waals surface area contributed by atoms with Crippen LogP contribution < -0.4 is 5.56 Å². The van der Waals surface area contributed by atoms with Crippen molar-refractivity contribution in [2.24, 2.45) is 0 Å². The van der Waals surface area contributed by atoms with Gasteiger partial charge in [-0.2, -0.15) is 5.26 Å². The third-order valence-electron chi connectivity index (χ3n) is 2.41. The summed E-state index contributed by atoms with van der Waals surface area (Å²) >= 11 is 0. The first-order chi connectivity index (χ1) is 8.13. The Labute approximate surface area is 95.0 Å². The second-order valence-electron chi connectivity index (χ2n) is 3.46. The first-order valence-electron chi connectivity index (χ1n) is 4.87. The maximum absolute atomic E-state index is 11.6. The highest BCUT2D eigenvalue weighted by molar-refractivity contribution is 5.80. The molecule has 1 heterocycles. The normalized spacial score (nSPS) is 10.3. The molecule has 0 saturated heterocycles. The fourth-order valence-electron chi connectivity index (χ4n) is 1.64. The van der Waals surface area contributed by atoms with Crippen molar-refractivity contribution in [1.29, 1.82) is 5.26 Å². The highest BCUT2D eigenvalue weighted by Crippen LogP contribution is 2.17. The van der Waals surface area contributed by atoms with Crippen molar-refractivity contribution in [1.82, 2.24) is 9.78 Å². The summed E-state index contributed by atoms with van der Waals surface area (Å²) in [5.74, 6) is 0. The number of nitriles is 1. The standard InChI is InChI=1S/C10H8N4O3/c11-4-1-5-13-9-3-2-7(14(16)17)6-8(9)10(15)12-13/h2-3,6H,1,5H2,(H,12,15). The van der Waals surface area contributed by atoms with Crippen LogP contribution in [0.3, 0.4) is 0 Å². The zero-order chi connectivity index (χ0) is 12.4. The van der Waals surface area contributed by atoms with Crippen LogP contribution >= 0.6 is 0 Å². The smallest absolute Gasteiger partial charge is 0.272 e. The summed E-state index contributed by atoms with van der Waals surface area (Å²) in [5.41, 5.74) is 0.0542. The SMILES string of the molecule is N#CCCn1[nH]c(=O)c2cc([N+](=O)[O-])ccc21. The molecule has 0 amide bonds. The van der Waals surface area contributed by atoms with Crippen molar-refractivity contribution in [2.45, 2.75) is 13.0 Å². The summed E-state index contributed by atoms with van der Waals surface area (Å²) < 4.78 is 1.52. The average molecular weight is 232 g/mol. The minimum atomic E-state index is -0.550. The van der Waals surface area contributed by atoms with Crippen LogP contribution in [0.4, 0.5) is 5.69 Å². The molecule has 86 valence electrons. The molecule has 0 bridgehead atoms. The van der Waals surface area contributed by atoms with Crippen molar-refractivity contribution < 1.29 is 4.92 Å². The monoisotopic (exact) mass is 232 g/mol. The van der Waals surface area contributed by atoms with Gasteiger partial charge in [-0.15, -0.1) is 0 Å². The van der Waals surface area contributed by atoms with Gasteiger partial charge in [-0.25, -0.2) is 0 Å². The molecule has 1 aromatic carbocycles. The zero-order valence-electron chi connectivity index (χ0n) is 8.71. The Hall–Kier alpha value is -2.62. The van der Waals surface area contributed by atoms with E-state index in [-0.39, 0.29) is 23.1 Å². The van der Waals surface area contributed by atoms with Gasteiger partial charge in [0, 0.05) is 12.1 Å². The molecule has 0 radical (unpaired) electrons. The number of nitro groups is 1. The van der Waals surface area contributed by atoms with Crippen LogP contribution in [0, 0.1) is 21.4 Å². The van der Waals surface area contributed by atoms with E-state index in [1.54, 1.807) is 0 Å². The van der Waals surface area contributed by atoms with Gasteiger partial charge in [-0.3, -0.25) is 24.7 Å². The van der Waals surface area contributed by atoms with Crippen LogP contribution in [0.5, 0.6) is 0 Å². The van der Waals surface area contributed by atoms with Gasteiger partial charge >= 0.3 is 0 Å². The topological polar surface area (TPSA) is 105 Å². The molecule has 1 aromatic heterocycles. The quantitative estimate of drug-likeness (QED) is 0.632. The van der Waals surface area contributed by atoms with Crippen LogP contribution in [-0.4, -0.2) is 14.7 Å². The zero-order valence-corrected chi connectivity index (χ0v) is 8.71. The van der Waals surface area contributed by atoms with E-state index in [1.165, 1.54) is 22.9 Å². The molecular weight excluding hydrogens is 224 g/mol. The summed E-state index contributed by atoms with van der Waals surface area (Å²) in [4.78, 5) is 21.6. The molecule has 0 aliphatic carbocycles. The molecule has 0 unspecified atom stereocenters. The number of H-pyrrole nitrogens is 1. The number of nitrogens with one attached hydrogen (secondary N) is 1. The van der Waals surface area contributed by atoms with Gasteiger partial charge in [0.1, 0.15) is 0 Å². The third-order valence-corrected chi connectivity index (χ3v) is 2.41. The van der Waals surface area contributed by atoms with Crippen molar-refractivity contribution >= 4 is 16.6 Å². The van der Waals surface area contributed by atoms with E-state index in [9.17, 15) is 14.9 Å². The first kappa shape index (κ1) is 10.9. The molecule has 17 heavy (non-hydrogen) atoms. The van der Waals surface area contributed by atoms with Gasteiger partial charge in [-0.05, 0) is 6.07 Å². The highest BCUT2D eigenvalue weighted by atomic mass is 16.6. The number of aromatic amines is 1. The lowest BCUT2D eigenvalue weighted by molar-refractivity contribution is -0.384. The summed E-state index contributed by atoms with van der Waals surface area (Å²) in [6.07, 6.45) is 0.261. The van der Waals surface area contributed by atoms with Gasteiger partial charge in [0.15, 0.2) is 0 Å². The van der Waals surface area contributed by atoms with Crippen LogP contribution in [0.25, 0.3) is 10.9 Å². The fraction of sp³-hybridized carbons (Fsp3) is 0.200. The Kier molecular flexibility index (Phi) is 2.62. The largest absolute Gasteiger partial charge is 0.283 e. The Bertz CT molecular complexity index is 677. The van der Waals surface area contributed by atoms with Crippen LogP contribution in [0.15, 0.2) is 23.0 Å². The van der Waals surface area contributed by atoms with E-state index in [1.807, 2.05) is 6.07 Å². The number of hydrogen-bond acceptors (Lipinski definition) is 4. The molecule has 1 N–H and O–H groups in total. The molecule has 0 saturated carbocycles. The molecule has 7 nitrogen and oxygen atoms in total. The van der Waals surface area contributed by atoms with Gasteiger partial charge < -0.3 is 0 Å². The number of aryl methyl sites for hydroxylation is 1. The molecular formula is C10H8N4O3. The Balaban J connectivity index is 2.58. The number of hydrogen-bond donors (Lipinski definition) is 1. The van der Waals surface area contributed by atoms with Crippen LogP contribution in [0.1, 0.15) is 6.42 Å². The molecule has 0 fully saturated rings. The summed E-state index contributed by atoms with van der Waals surface area (Å²) in [6, 6.07) is 6.04. The molecule has 2 aromatic rings. The molecule has 2 rings (SSSR count). The van der Waals surface area contributed by atoms with Crippen LogP contribution in [-0.2, 0) is 6.54 Å². The molecule has 0 spiro atoms. The number of non-ortho nitro benzene ring substituents is 1. The van der Waals surface area contributed by atoms with Gasteiger partial charge in [0.05, 0.1) is 34.9 Å². The van der Waals surface area contributed by atoms with Crippen LogP contribution in [0.2, 0.25) is 0 Å². The number of aromatic nitrogens is 2. The van der Waals surface area contributed by atoms with Crippen molar-refractivity contribution in [3.8, 4) is 6.07 Å². The molecule has 7 heteroatoms. The van der Waals surface area contributed by atoms with E-state index in [2.05, 4.69) is 5.10 Å². The number of nitro benzene ring substituents is 1. The lowest BCUT2D eigenvalue weighted by Gasteiger charge is -1.99. The Morgan fingerprint density at radius 1 is 1.53 bits per heavy atom. The van der Waals surface area contributed by atoms with Crippen molar-refractivity contribution in [3.05, 3.63) is 38.7 Å². The van der Waals surface area contributed by atoms with Gasteiger partial charge in [0.25, 0.3) is 11.2 Å². The lowest BCUT2D eigenvalue weighted by atomic mass is 10.2. The summed E-state index contributed by atoms with van der Waals surface area (Å²) in [6.45, 7) is 0.354. The number of rotatable bonds is 3. The summed E-state index contributed by atoms with van der Waals surface area (Å²) in [5, 5.41) is 21.9. The number of fused-ring (bicyclic) bond motifs is 1. The predicted molar refractivity (Wildman–Crippen MR) is 59.4 cm³/mol. The maximum Gasteiger partial charge on any atom is 0.272 e. The summed E-state index contributed by atoms with van der Waals surface area (Å²) in [7, 11) is 0. The van der Waals surface area contributed by atoms with E-state index in [0.717, 1.165) is 0 Å². The van der Waals surface area contributed by atoms with Gasteiger partial charge in [-0.1, -0.05) is 0 Å². The third kappa shape index (κ3) is 1.88. The van der Waals surface area contributed by atoms with E-state index >= 15 is 0 Å². The highest BCUT2D eigenvalue weighted by Gasteiger charge is 2.11. The molecule has 0 aliphatic rings. The second kappa shape index (κ2) is 4.09. The van der Waals surface area contributed by atoms with E-state index < -0.39 is 4.92 Å². The van der Waals surface area contributed by atoms with E-state index in [0.29, 0.717) is 12.1 Å². The average Bonchev–Trinajstić information content (AvgIpc) is 2.63. The first-order valence-corrected chi connectivity index (χ1v) is 4.87. The molecule has 0 aliphatic heterocycles. The molecule has 0 atom stereocenters. The second-order valence-corrected chi connectivity index (χ2v) is 3.46. The Morgan fingerprint density at radius 3 is 2.94 bits per heavy atom. The van der Waals surface area contributed by atoms with E-state index in [4.69, 9.17) is 5.26 Å². The number of benzene rings is 1. The van der Waals surface area contributed by atoms with Gasteiger partial charge in [0.2, 0.25) is 0 Å².